The maximum Gasteiger partial charge on any atom is 0.255 e. The van der Waals surface area contributed by atoms with Gasteiger partial charge in [-0.1, -0.05) is 23.8 Å². The molecular formula is C17H20ClFN4O. The molecule has 3 rings (SSSR count). The Morgan fingerprint density at radius 3 is 2.92 bits per heavy atom. The fourth-order valence-corrected chi connectivity index (χ4v) is 2.62. The average molecular weight is 351 g/mol. The molecule has 0 fully saturated rings. The highest BCUT2D eigenvalue weighted by Gasteiger charge is 2.17. The Bertz CT molecular complexity index is 757. The molecule has 0 atom stereocenters. The van der Waals surface area contributed by atoms with E-state index in [9.17, 15) is 9.18 Å². The van der Waals surface area contributed by atoms with E-state index in [4.69, 9.17) is 0 Å². The lowest BCUT2D eigenvalue weighted by Gasteiger charge is -2.14. The van der Waals surface area contributed by atoms with Crippen LogP contribution in [-0.4, -0.2) is 35.3 Å². The molecule has 128 valence electrons. The first-order valence-electron chi connectivity index (χ1n) is 7.63. The lowest BCUT2D eigenvalue weighted by molar-refractivity contribution is 0.0956. The number of hydrogen-bond acceptors (Lipinski definition) is 3. The van der Waals surface area contributed by atoms with Crippen molar-refractivity contribution in [2.24, 2.45) is 0 Å². The summed E-state index contributed by atoms with van der Waals surface area (Å²) in [5.41, 5.74) is 2.64. The maximum absolute atomic E-state index is 13.9. The van der Waals surface area contributed by atoms with E-state index in [0.717, 1.165) is 19.5 Å². The smallest absolute Gasteiger partial charge is 0.255 e. The molecule has 0 aliphatic carbocycles. The van der Waals surface area contributed by atoms with Gasteiger partial charge in [0.1, 0.15) is 11.5 Å². The minimum atomic E-state index is -0.370. The molecule has 0 radical (unpaired) electrons. The van der Waals surface area contributed by atoms with Crippen LogP contribution in [0.1, 0.15) is 22.5 Å². The normalized spacial score (nSPS) is 13.8. The minimum Gasteiger partial charge on any atom is -0.348 e. The molecule has 1 aliphatic heterocycles. The van der Waals surface area contributed by atoms with Crippen LogP contribution < -0.4 is 10.6 Å². The third-order valence-electron chi connectivity index (χ3n) is 3.97. The summed E-state index contributed by atoms with van der Waals surface area (Å²) < 4.78 is 15.3. The van der Waals surface area contributed by atoms with Crippen molar-refractivity contribution < 1.29 is 9.18 Å². The number of halogens is 2. The molecule has 0 spiro atoms. The molecule has 7 heteroatoms. The molecule has 2 aromatic rings. The van der Waals surface area contributed by atoms with Gasteiger partial charge in [0, 0.05) is 13.1 Å². The van der Waals surface area contributed by atoms with Crippen LogP contribution in [0.25, 0.3) is 5.69 Å². The van der Waals surface area contributed by atoms with Crippen LogP contribution in [0, 0.1) is 12.7 Å². The van der Waals surface area contributed by atoms with E-state index in [1.807, 2.05) is 0 Å². The Labute approximate surface area is 146 Å². The minimum absolute atomic E-state index is 0. The number of hydrogen-bond donors (Lipinski definition) is 2. The van der Waals surface area contributed by atoms with Crippen LogP contribution in [0.4, 0.5) is 4.39 Å². The maximum atomic E-state index is 13.9. The van der Waals surface area contributed by atoms with Gasteiger partial charge in [0.15, 0.2) is 0 Å². The molecule has 0 saturated heterocycles. The molecular weight excluding hydrogens is 331 g/mol. The molecule has 1 aromatic heterocycles. The number of amides is 1. The molecule has 24 heavy (non-hydrogen) atoms. The number of nitrogens with zero attached hydrogens (tertiary/aromatic N) is 2. The van der Waals surface area contributed by atoms with Crippen LogP contribution in [-0.2, 0) is 0 Å². The van der Waals surface area contributed by atoms with Gasteiger partial charge in [0.2, 0.25) is 0 Å². The molecule has 5 nitrogen and oxygen atoms in total. The lowest BCUT2D eigenvalue weighted by Crippen LogP contribution is -2.29. The number of rotatable bonds is 4. The summed E-state index contributed by atoms with van der Waals surface area (Å²) in [4.78, 5) is 12.3. The van der Waals surface area contributed by atoms with E-state index in [0.29, 0.717) is 23.5 Å². The van der Waals surface area contributed by atoms with Crippen molar-refractivity contribution in [3.05, 3.63) is 59.2 Å². The van der Waals surface area contributed by atoms with E-state index in [2.05, 4.69) is 21.8 Å². The predicted octanol–water partition coefficient (Wildman–Crippen LogP) is 2.39. The van der Waals surface area contributed by atoms with Crippen LogP contribution in [0.2, 0.25) is 0 Å². The Morgan fingerprint density at radius 2 is 2.21 bits per heavy atom. The highest BCUT2D eigenvalue weighted by molar-refractivity contribution is 5.95. The zero-order chi connectivity index (χ0) is 16.2. The predicted molar refractivity (Wildman–Crippen MR) is 93.4 cm³/mol. The first kappa shape index (κ1) is 18.2. The summed E-state index contributed by atoms with van der Waals surface area (Å²) >= 11 is 0. The summed E-state index contributed by atoms with van der Waals surface area (Å²) in [6, 6.07) is 6.37. The second-order valence-electron chi connectivity index (χ2n) is 5.51. The fourth-order valence-electron chi connectivity index (χ4n) is 2.62. The molecule has 0 saturated carbocycles. The van der Waals surface area contributed by atoms with Gasteiger partial charge in [-0.25, -0.2) is 9.07 Å². The van der Waals surface area contributed by atoms with Gasteiger partial charge < -0.3 is 10.6 Å². The number of para-hydroxylation sites is 1. The van der Waals surface area contributed by atoms with Crippen molar-refractivity contribution in [2.45, 2.75) is 13.3 Å². The first-order chi connectivity index (χ1) is 11.2. The zero-order valence-corrected chi connectivity index (χ0v) is 14.2. The van der Waals surface area contributed by atoms with Gasteiger partial charge >= 0.3 is 0 Å². The Morgan fingerprint density at radius 1 is 1.42 bits per heavy atom. The van der Waals surface area contributed by atoms with Crippen molar-refractivity contribution in [1.29, 1.82) is 0 Å². The Kier molecular flexibility index (Phi) is 6.11. The van der Waals surface area contributed by atoms with Crippen LogP contribution in [0.15, 0.2) is 42.1 Å². The first-order valence-corrected chi connectivity index (χ1v) is 7.63. The van der Waals surface area contributed by atoms with Crippen molar-refractivity contribution in [3.63, 3.8) is 0 Å². The quantitative estimate of drug-likeness (QED) is 0.832. The van der Waals surface area contributed by atoms with Crippen molar-refractivity contribution in [3.8, 4) is 5.69 Å². The summed E-state index contributed by atoms with van der Waals surface area (Å²) in [7, 11) is 0. The molecule has 2 N–H and O–H groups in total. The SMILES string of the molecule is Cc1c(C(=O)NCC2=CCNCC2)cnn1-c1ccccc1F.Cl. The van der Waals surface area contributed by atoms with Gasteiger partial charge in [-0.05, 0) is 32.0 Å². The molecule has 1 aromatic carbocycles. The number of benzene rings is 1. The zero-order valence-electron chi connectivity index (χ0n) is 13.4. The average Bonchev–Trinajstić information content (AvgIpc) is 2.95. The van der Waals surface area contributed by atoms with Crippen molar-refractivity contribution >= 4 is 18.3 Å². The standard InChI is InChI=1S/C17H19FN4O.ClH/c1-12-14(17(23)20-10-13-6-8-19-9-7-13)11-21-22(12)16-5-3-2-4-15(16)18;/h2-6,11,19H,7-10H2,1H3,(H,20,23);1H. The highest BCUT2D eigenvalue weighted by atomic mass is 35.5. The Hall–Kier alpha value is -2.18. The number of carbonyl (C=O) groups excluding carboxylic acids is 1. The van der Waals surface area contributed by atoms with E-state index in [-0.39, 0.29) is 24.1 Å². The van der Waals surface area contributed by atoms with Gasteiger partial charge in [-0.2, -0.15) is 5.10 Å². The molecule has 2 heterocycles. The number of nitrogens with one attached hydrogen (secondary N) is 2. The molecule has 0 bridgehead atoms. The fraction of sp³-hybridized carbons (Fsp3) is 0.294. The Balaban J connectivity index is 0.00000208. The molecule has 1 aliphatic rings. The number of carbonyl (C=O) groups is 1. The molecule has 0 unspecified atom stereocenters. The highest BCUT2D eigenvalue weighted by Crippen LogP contribution is 2.17. The van der Waals surface area contributed by atoms with Crippen molar-refractivity contribution in [2.75, 3.05) is 19.6 Å². The number of aromatic nitrogens is 2. The second-order valence-corrected chi connectivity index (χ2v) is 5.51. The summed E-state index contributed by atoms with van der Waals surface area (Å²) in [6.45, 7) is 4.07. The van der Waals surface area contributed by atoms with E-state index < -0.39 is 0 Å². The topological polar surface area (TPSA) is 59.0 Å². The van der Waals surface area contributed by atoms with E-state index in [1.165, 1.54) is 22.5 Å². The van der Waals surface area contributed by atoms with Gasteiger partial charge in [0.25, 0.3) is 5.91 Å². The van der Waals surface area contributed by atoms with Crippen molar-refractivity contribution in [1.82, 2.24) is 20.4 Å². The van der Waals surface area contributed by atoms with Crippen LogP contribution in [0.3, 0.4) is 0 Å². The third kappa shape index (κ3) is 3.83. The second kappa shape index (κ2) is 8.08. The largest absolute Gasteiger partial charge is 0.348 e. The van der Waals surface area contributed by atoms with Gasteiger partial charge in [-0.3, -0.25) is 4.79 Å². The van der Waals surface area contributed by atoms with Gasteiger partial charge in [0.05, 0.1) is 17.5 Å². The van der Waals surface area contributed by atoms with E-state index >= 15 is 0 Å². The van der Waals surface area contributed by atoms with E-state index in [1.54, 1.807) is 25.1 Å². The lowest BCUT2D eigenvalue weighted by atomic mass is 10.1. The summed E-state index contributed by atoms with van der Waals surface area (Å²) in [5.74, 6) is -0.560. The van der Waals surface area contributed by atoms with Crippen LogP contribution in [0.5, 0.6) is 0 Å². The monoisotopic (exact) mass is 350 g/mol. The summed E-state index contributed by atoms with van der Waals surface area (Å²) in [5, 5.41) is 10.3. The third-order valence-corrected chi connectivity index (χ3v) is 3.97. The molecule has 1 amide bonds. The van der Waals surface area contributed by atoms with Crippen LogP contribution >= 0.6 is 12.4 Å². The summed E-state index contributed by atoms with van der Waals surface area (Å²) in [6.07, 6.45) is 4.51. The van der Waals surface area contributed by atoms with Gasteiger partial charge in [-0.15, -0.1) is 12.4 Å².